The first-order valence-electron chi connectivity index (χ1n) is 7.32. The molecule has 2 aromatic rings. The average molecular weight is 438 g/mol. The number of phenols is 1. The molecule has 1 aromatic carbocycles. The second-order valence-corrected chi connectivity index (χ2v) is 7.11. The van der Waals surface area contributed by atoms with Crippen molar-refractivity contribution < 1.29 is 5.11 Å². The molecule has 1 aliphatic rings. The van der Waals surface area contributed by atoms with Gasteiger partial charge in [0.1, 0.15) is 17.6 Å². The molecule has 3 rings (SSSR count). The first-order chi connectivity index (χ1) is 11.1. The van der Waals surface area contributed by atoms with Crippen molar-refractivity contribution in [1.82, 2.24) is 14.8 Å². The molecule has 7 heteroatoms. The minimum atomic E-state index is 0.136. The van der Waals surface area contributed by atoms with Crippen LogP contribution in [0.3, 0.4) is 0 Å². The summed E-state index contributed by atoms with van der Waals surface area (Å²) >= 11 is 6.61. The molecule has 0 spiro atoms. The van der Waals surface area contributed by atoms with E-state index in [4.69, 9.17) is 0 Å². The normalized spacial score (nSPS) is 14.9. The lowest BCUT2D eigenvalue weighted by Gasteiger charge is -2.06. The number of aryl methyl sites for hydroxylation is 1. The van der Waals surface area contributed by atoms with E-state index in [9.17, 15) is 10.4 Å². The Labute approximate surface area is 150 Å². The van der Waals surface area contributed by atoms with Crippen molar-refractivity contribution in [2.75, 3.05) is 0 Å². The third-order valence-corrected chi connectivity index (χ3v) is 5.03. The maximum atomic E-state index is 9.79. The van der Waals surface area contributed by atoms with Gasteiger partial charge in [-0.05, 0) is 68.5 Å². The fraction of sp³-hybridized carbons (Fsp3) is 0.312. The maximum absolute atomic E-state index is 9.79. The average Bonchev–Trinajstić information content (AvgIpc) is 2.78. The Morgan fingerprint density at radius 3 is 2.65 bits per heavy atom. The lowest BCUT2D eigenvalue weighted by atomic mass is 10.1. The highest BCUT2D eigenvalue weighted by atomic mass is 79.9. The molecule has 0 fully saturated rings. The highest BCUT2D eigenvalue weighted by Gasteiger charge is 2.18. The van der Waals surface area contributed by atoms with Crippen molar-refractivity contribution in [2.45, 2.75) is 32.2 Å². The summed E-state index contributed by atoms with van der Waals surface area (Å²) in [5.74, 6) is 1.70. The molecule has 0 atom stereocenters. The van der Waals surface area contributed by atoms with Gasteiger partial charge in [-0.25, -0.2) is 0 Å². The van der Waals surface area contributed by atoms with E-state index >= 15 is 0 Å². The van der Waals surface area contributed by atoms with Gasteiger partial charge in [-0.3, -0.25) is 0 Å². The number of nitriles is 1. The number of nitrogens with zero attached hydrogens (tertiary/aromatic N) is 4. The van der Waals surface area contributed by atoms with Crippen LogP contribution in [-0.4, -0.2) is 19.9 Å². The number of allylic oxidation sites excluding steroid dienone is 1. The Hall–Kier alpha value is -1.65. The van der Waals surface area contributed by atoms with Gasteiger partial charge in [-0.15, -0.1) is 10.2 Å². The molecule has 0 saturated carbocycles. The third-order valence-electron chi connectivity index (χ3n) is 3.82. The second-order valence-electron chi connectivity index (χ2n) is 5.41. The van der Waals surface area contributed by atoms with Crippen molar-refractivity contribution >= 4 is 43.5 Å². The van der Waals surface area contributed by atoms with Crippen LogP contribution in [0.5, 0.6) is 5.75 Å². The first kappa shape index (κ1) is 16.2. The Kier molecular flexibility index (Phi) is 4.83. The maximum Gasteiger partial charge on any atom is 0.174 e. The van der Waals surface area contributed by atoms with E-state index in [1.807, 2.05) is 4.57 Å². The molecule has 0 aliphatic carbocycles. The number of hydrogen-bond acceptors (Lipinski definition) is 4. The zero-order valence-electron chi connectivity index (χ0n) is 12.3. The van der Waals surface area contributed by atoms with E-state index in [1.165, 1.54) is 6.42 Å². The summed E-state index contributed by atoms with van der Waals surface area (Å²) in [5.41, 5.74) is 1.26. The number of rotatable bonds is 2. The van der Waals surface area contributed by atoms with Crippen LogP contribution in [-0.2, 0) is 13.0 Å². The van der Waals surface area contributed by atoms with Gasteiger partial charge >= 0.3 is 0 Å². The predicted molar refractivity (Wildman–Crippen MR) is 94.6 cm³/mol. The Balaban J connectivity index is 2.04. The molecule has 1 aliphatic heterocycles. The first-order valence-corrected chi connectivity index (χ1v) is 8.91. The van der Waals surface area contributed by atoms with Crippen LogP contribution in [0.4, 0.5) is 0 Å². The molecule has 2 heterocycles. The summed E-state index contributed by atoms with van der Waals surface area (Å²) < 4.78 is 3.18. The van der Waals surface area contributed by atoms with Crippen LogP contribution in [0.25, 0.3) is 11.6 Å². The van der Waals surface area contributed by atoms with Gasteiger partial charge in [0.05, 0.1) is 14.5 Å². The number of fused-ring (bicyclic) bond motifs is 1. The number of hydrogen-bond donors (Lipinski definition) is 1. The van der Waals surface area contributed by atoms with Crippen molar-refractivity contribution in [3.05, 3.63) is 38.3 Å². The third kappa shape index (κ3) is 3.33. The summed E-state index contributed by atoms with van der Waals surface area (Å²) in [5, 5.41) is 27.8. The standard InChI is InChI=1S/C16H14Br2N4O/c17-12-7-10(8-13(18)15(12)23)6-11(9-19)16-21-20-14-4-2-1-3-5-22(14)16/h6-8,23H,1-5H2. The van der Waals surface area contributed by atoms with Gasteiger partial charge in [-0.2, -0.15) is 5.26 Å². The number of aromatic hydroxyl groups is 1. The molecule has 0 radical (unpaired) electrons. The number of benzene rings is 1. The fourth-order valence-electron chi connectivity index (χ4n) is 2.67. The minimum Gasteiger partial charge on any atom is -0.506 e. The van der Waals surface area contributed by atoms with E-state index < -0.39 is 0 Å². The Bertz CT molecular complexity index is 797. The van der Waals surface area contributed by atoms with Crippen molar-refractivity contribution in [3.63, 3.8) is 0 Å². The molecule has 0 saturated heterocycles. The largest absolute Gasteiger partial charge is 0.506 e. The van der Waals surface area contributed by atoms with E-state index in [0.717, 1.165) is 37.2 Å². The molecule has 23 heavy (non-hydrogen) atoms. The molecular formula is C16H14Br2N4O. The second kappa shape index (κ2) is 6.85. The van der Waals surface area contributed by atoms with Crippen LogP contribution in [0.15, 0.2) is 21.1 Å². The van der Waals surface area contributed by atoms with Crippen molar-refractivity contribution in [3.8, 4) is 11.8 Å². The van der Waals surface area contributed by atoms with Crippen LogP contribution in [0, 0.1) is 11.3 Å². The Morgan fingerprint density at radius 2 is 1.96 bits per heavy atom. The van der Waals surface area contributed by atoms with E-state index in [1.54, 1.807) is 18.2 Å². The highest BCUT2D eigenvalue weighted by Crippen LogP contribution is 2.34. The highest BCUT2D eigenvalue weighted by molar-refractivity contribution is 9.11. The van der Waals surface area contributed by atoms with Crippen molar-refractivity contribution in [2.24, 2.45) is 0 Å². The topological polar surface area (TPSA) is 74.7 Å². The molecule has 0 bridgehead atoms. The van der Waals surface area contributed by atoms with Gasteiger partial charge in [0, 0.05) is 13.0 Å². The monoisotopic (exact) mass is 436 g/mol. The molecule has 1 N–H and O–H groups in total. The number of halogens is 2. The smallest absolute Gasteiger partial charge is 0.174 e. The van der Waals surface area contributed by atoms with Gasteiger partial charge in [0.25, 0.3) is 0 Å². The minimum absolute atomic E-state index is 0.136. The molecule has 5 nitrogen and oxygen atoms in total. The van der Waals surface area contributed by atoms with Crippen LogP contribution < -0.4 is 0 Å². The number of phenolic OH excluding ortho intramolecular Hbond substituents is 1. The summed E-state index contributed by atoms with van der Waals surface area (Å²) in [7, 11) is 0. The van der Waals surface area contributed by atoms with Crippen LogP contribution in [0.2, 0.25) is 0 Å². The summed E-state index contributed by atoms with van der Waals surface area (Å²) in [6.45, 7) is 0.847. The van der Waals surface area contributed by atoms with E-state index in [0.29, 0.717) is 20.3 Å². The SMILES string of the molecule is N#CC(=Cc1cc(Br)c(O)c(Br)c1)c1nnc2n1CCCCC2. The molecule has 0 unspecified atom stereocenters. The quantitative estimate of drug-likeness (QED) is 0.710. The van der Waals surface area contributed by atoms with Gasteiger partial charge < -0.3 is 9.67 Å². The molecule has 0 amide bonds. The van der Waals surface area contributed by atoms with Gasteiger partial charge in [-0.1, -0.05) is 6.42 Å². The molecule has 1 aromatic heterocycles. The lowest BCUT2D eigenvalue weighted by Crippen LogP contribution is -2.05. The van der Waals surface area contributed by atoms with Crippen LogP contribution >= 0.6 is 31.9 Å². The predicted octanol–water partition coefficient (Wildman–Crippen LogP) is 4.30. The number of aromatic nitrogens is 3. The lowest BCUT2D eigenvalue weighted by molar-refractivity contribution is 0.468. The van der Waals surface area contributed by atoms with E-state index in [-0.39, 0.29) is 5.75 Å². The Morgan fingerprint density at radius 1 is 1.22 bits per heavy atom. The van der Waals surface area contributed by atoms with Gasteiger partial charge in [0.15, 0.2) is 5.82 Å². The van der Waals surface area contributed by atoms with Crippen molar-refractivity contribution in [1.29, 1.82) is 5.26 Å². The molecule has 118 valence electrons. The summed E-state index contributed by atoms with van der Waals surface area (Å²) in [6.07, 6.45) is 6.03. The zero-order chi connectivity index (χ0) is 16.4. The summed E-state index contributed by atoms with van der Waals surface area (Å²) in [4.78, 5) is 0. The van der Waals surface area contributed by atoms with E-state index in [2.05, 4.69) is 48.1 Å². The zero-order valence-corrected chi connectivity index (χ0v) is 15.4. The van der Waals surface area contributed by atoms with Gasteiger partial charge in [0.2, 0.25) is 0 Å². The fourth-order valence-corrected chi connectivity index (χ4v) is 3.89. The molecular weight excluding hydrogens is 424 g/mol. The van der Waals surface area contributed by atoms with Crippen LogP contribution in [0.1, 0.15) is 36.5 Å². The summed E-state index contributed by atoms with van der Waals surface area (Å²) in [6, 6.07) is 5.74.